The first-order valence-corrected chi connectivity index (χ1v) is 12.7. The zero-order chi connectivity index (χ0) is 26.5. The molecule has 11 heteroatoms. The number of tetrazole rings is 1. The molecule has 0 radical (unpaired) electrons. The van der Waals surface area contributed by atoms with Crippen LogP contribution in [0.15, 0.2) is 53.3 Å². The van der Waals surface area contributed by atoms with E-state index >= 15 is 0 Å². The molecule has 0 amide bonds. The number of ether oxygens (including phenoxy) is 3. The number of nitrogens with zero attached hydrogens (tertiary/aromatic N) is 5. The van der Waals surface area contributed by atoms with E-state index in [0.29, 0.717) is 61.1 Å². The summed E-state index contributed by atoms with van der Waals surface area (Å²) in [5, 5.41) is 13.0. The third-order valence-corrected chi connectivity index (χ3v) is 6.46. The summed E-state index contributed by atoms with van der Waals surface area (Å²) in [6.45, 7) is 5.81. The van der Waals surface area contributed by atoms with Crippen molar-refractivity contribution in [1.82, 2.24) is 30.1 Å². The fourth-order valence-corrected chi connectivity index (χ4v) is 4.71. The minimum absolute atomic E-state index is 0.0877. The summed E-state index contributed by atoms with van der Waals surface area (Å²) >= 11 is 0. The molecular formula is C27H30N6O5. The fraction of sp³-hybridized carbons (Fsp3) is 0.370. The number of carbonyl (C=O) groups excluding carboxylic acids is 1. The summed E-state index contributed by atoms with van der Waals surface area (Å²) in [4.78, 5) is 30.5. The number of rotatable bonds is 10. The normalized spacial score (nSPS) is 13.6. The lowest BCUT2D eigenvalue weighted by molar-refractivity contribution is -0.144. The van der Waals surface area contributed by atoms with E-state index in [4.69, 9.17) is 14.2 Å². The number of nitrogens with one attached hydrogen (secondary N) is 1. The Hall–Kier alpha value is -4.25. The Balaban J connectivity index is 1.50. The third kappa shape index (κ3) is 5.52. The van der Waals surface area contributed by atoms with E-state index in [1.807, 2.05) is 49.4 Å². The zero-order valence-corrected chi connectivity index (χ0v) is 21.4. The van der Waals surface area contributed by atoms with Gasteiger partial charge in [-0.3, -0.25) is 14.5 Å². The molecule has 11 nitrogen and oxygen atoms in total. The average molecular weight is 519 g/mol. The topological polar surface area (TPSA) is 124 Å². The first-order valence-electron chi connectivity index (χ1n) is 12.7. The first kappa shape index (κ1) is 25.4. The molecule has 5 rings (SSSR count). The molecule has 38 heavy (non-hydrogen) atoms. The van der Waals surface area contributed by atoms with Gasteiger partial charge in [0.1, 0.15) is 19.8 Å². The van der Waals surface area contributed by atoms with Gasteiger partial charge < -0.3 is 19.2 Å². The SMILES string of the molecule is CCOC(=O)Cn1nnnc1[C@H](CC)N(Cc1ccccc1)Cc1cc2cc3c(cc2[nH]c1=O)OCCO3. The molecule has 0 aliphatic carbocycles. The van der Waals surface area contributed by atoms with Crippen molar-refractivity contribution in [3.8, 4) is 11.5 Å². The van der Waals surface area contributed by atoms with Gasteiger partial charge in [-0.15, -0.1) is 5.10 Å². The highest BCUT2D eigenvalue weighted by Gasteiger charge is 2.27. The van der Waals surface area contributed by atoms with Crippen molar-refractivity contribution >= 4 is 16.9 Å². The number of aromatic amines is 1. The molecule has 2 aromatic carbocycles. The number of fused-ring (bicyclic) bond motifs is 2. The lowest BCUT2D eigenvalue weighted by Crippen LogP contribution is -2.33. The number of pyridine rings is 1. The summed E-state index contributed by atoms with van der Waals surface area (Å²) < 4.78 is 18.0. The molecular weight excluding hydrogens is 488 g/mol. The summed E-state index contributed by atoms with van der Waals surface area (Å²) in [5.74, 6) is 1.41. The first-order chi connectivity index (χ1) is 18.6. The molecule has 198 valence electrons. The van der Waals surface area contributed by atoms with E-state index in [1.165, 1.54) is 4.68 Å². The number of hydrogen-bond acceptors (Lipinski definition) is 9. The maximum absolute atomic E-state index is 13.2. The Kier molecular flexibility index (Phi) is 7.64. The molecule has 0 saturated heterocycles. The lowest BCUT2D eigenvalue weighted by atomic mass is 10.1. The van der Waals surface area contributed by atoms with Crippen LogP contribution in [0.1, 0.15) is 43.3 Å². The van der Waals surface area contributed by atoms with Crippen LogP contribution in [0, 0.1) is 0 Å². The summed E-state index contributed by atoms with van der Waals surface area (Å²) in [6.07, 6.45) is 0.653. The standard InChI is InChI=1S/C27H30N6O5/c1-3-22(26-29-30-31-33(26)17-25(34)36-4-2)32(15-18-8-6-5-7-9-18)16-20-12-19-13-23-24(38-11-10-37-23)14-21(19)28-27(20)35/h5-9,12-14,22H,3-4,10-11,15-17H2,1-2H3,(H,28,35)/t22-/m0/s1. The predicted octanol–water partition coefficient (Wildman–Crippen LogP) is 3.00. The number of hydrogen-bond donors (Lipinski definition) is 1. The average Bonchev–Trinajstić information content (AvgIpc) is 3.36. The highest BCUT2D eigenvalue weighted by Crippen LogP contribution is 2.34. The molecule has 3 heterocycles. The summed E-state index contributed by atoms with van der Waals surface area (Å²) in [6, 6.07) is 15.3. The van der Waals surface area contributed by atoms with Gasteiger partial charge in [-0.25, -0.2) is 4.68 Å². The van der Waals surface area contributed by atoms with E-state index in [1.54, 1.807) is 13.0 Å². The molecule has 1 aliphatic heterocycles. The molecule has 1 N–H and O–H groups in total. The molecule has 2 aromatic heterocycles. The Bertz CT molecular complexity index is 1470. The second-order valence-electron chi connectivity index (χ2n) is 9.02. The van der Waals surface area contributed by atoms with Crippen LogP contribution in [0.2, 0.25) is 0 Å². The van der Waals surface area contributed by atoms with Crippen molar-refractivity contribution in [2.75, 3.05) is 19.8 Å². The molecule has 0 spiro atoms. The van der Waals surface area contributed by atoms with Gasteiger partial charge in [0.2, 0.25) is 0 Å². The monoisotopic (exact) mass is 518 g/mol. The van der Waals surface area contributed by atoms with Gasteiger partial charge in [0.05, 0.1) is 18.2 Å². The number of H-pyrrole nitrogens is 1. The smallest absolute Gasteiger partial charge is 0.327 e. The number of benzene rings is 2. The maximum Gasteiger partial charge on any atom is 0.327 e. The second-order valence-corrected chi connectivity index (χ2v) is 9.02. The minimum Gasteiger partial charge on any atom is -0.486 e. The van der Waals surface area contributed by atoms with E-state index in [9.17, 15) is 9.59 Å². The van der Waals surface area contributed by atoms with E-state index in [0.717, 1.165) is 10.9 Å². The predicted molar refractivity (Wildman–Crippen MR) is 139 cm³/mol. The molecule has 4 aromatic rings. The van der Waals surface area contributed by atoms with Crippen LogP contribution >= 0.6 is 0 Å². The molecule has 0 fully saturated rings. The summed E-state index contributed by atoms with van der Waals surface area (Å²) in [7, 11) is 0. The van der Waals surface area contributed by atoms with E-state index in [2.05, 4.69) is 25.4 Å². The van der Waals surface area contributed by atoms with Gasteiger partial charge in [-0.05, 0) is 41.5 Å². The van der Waals surface area contributed by atoms with Gasteiger partial charge in [0.15, 0.2) is 17.3 Å². The molecule has 0 saturated carbocycles. The van der Waals surface area contributed by atoms with Crippen LogP contribution in [0.25, 0.3) is 10.9 Å². The van der Waals surface area contributed by atoms with Crippen LogP contribution in [-0.2, 0) is 29.2 Å². The molecule has 0 bridgehead atoms. The van der Waals surface area contributed by atoms with Crippen molar-refractivity contribution in [2.45, 2.75) is 45.9 Å². The second kappa shape index (κ2) is 11.4. The van der Waals surface area contributed by atoms with Crippen molar-refractivity contribution < 1.29 is 19.0 Å². The highest BCUT2D eigenvalue weighted by atomic mass is 16.6. The van der Waals surface area contributed by atoms with E-state index in [-0.39, 0.29) is 24.8 Å². The van der Waals surface area contributed by atoms with E-state index < -0.39 is 5.97 Å². The van der Waals surface area contributed by atoms with Gasteiger partial charge in [0.25, 0.3) is 5.56 Å². The minimum atomic E-state index is -0.411. The van der Waals surface area contributed by atoms with Crippen LogP contribution in [0.5, 0.6) is 11.5 Å². The maximum atomic E-state index is 13.2. The molecule has 1 aliphatic rings. The molecule has 1 atom stereocenters. The van der Waals surface area contributed by atoms with Crippen LogP contribution in [-0.4, -0.2) is 55.9 Å². The molecule has 0 unspecified atom stereocenters. The van der Waals surface area contributed by atoms with Gasteiger partial charge in [-0.1, -0.05) is 37.3 Å². The largest absolute Gasteiger partial charge is 0.486 e. The van der Waals surface area contributed by atoms with Crippen molar-refractivity contribution in [3.05, 3.63) is 75.8 Å². The van der Waals surface area contributed by atoms with Gasteiger partial charge >= 0.3 is 5.97 Å². The van der Waals surface area contributed by atoms with Crippen molar-refractivity contribution in [2.24, 2.45) is 0 Å². The Morgan fingerprint density at radius 2 is 1.87 bits per heavy atom. The van der Waals surface area contributed by atoms with Crippen molar-refractivity contribution in [1.29, 1.82) is 0 Å². The zero-order valence-electron chi connectivity index (χ0n) is 21.4. The highest BCUT2D eigenvalue weighted by molar-refractivity contribution is 5.83. The lowest BCUT2D eigenvalue weighted by Gasteiger charge is -2.30. The van der Waals surface area contributed by atoms with Gasteiger partial charge in [0, 0.05) is 30.1 Å². The van der Waals surface area contributed by atoms with Crippen molar-refractivity contribution in [3.63, 3.8) is 0 Å². The third-order valence-electron chi connectivity index (χ3n) is 6.46. The Labute approximate surface area is 219 Å². The van der Waals surface area contributed by atoms with Gasteiger partial charge in [-0.2, -0.15) is 0 Å². The fourth-order valence-electron chi connectivity index (χ4n) is 4.71. The van der Waals surface area contributed by atoms with Crippen LogP contribution in [0.4, 0.5) is 0 Å². The quantitative estimate of drug-likeness (QED) is 0.315. The number of esters is 1. The number of carbonyl (C=O) groups is 1. The number of aromatic nitrogens is 5. The van der Waals surface area contributed by atoms with Crippen LogP contribution in [0.3, 0.4) is 0 Å². The van der Waals surface area contributed by atoms with Crippen LogP contribution < -0.4 is 15.0 Å². The Morgan fingerprint density at radius 1 is 1.11 bits per heavy atom. The summed E-state index contributed by atoms with van der Waals surface area (Å²) in [5.41, 5.74) is 2.16. The Morgan fingerprint density at radius 3 is 2.61 bits per heavy atom.